The molecule has 0 bridgehead atoms. The van der Waals surface area contributed by atoms with Crippen molar-refractivity contribution >= 4 is 5.69 Å². The van der Waals surface area contributed by atoms with Crippen LogP contribution < -0.4 is 5.32 Å². The third-order valence-electron chi connectivity index (χ3n) is 5.34. The summed E-state index contributed by atoms with van der Waals surface area (Å²) in [5, 5.41) is 12.9. The average Bonchev–Trinajstić information content (AvgIpc) is 2.66. The Labute approximate surface area is 149 Å². The molecule has 2 aromatic rings. The lowest BCUT2D eigenvalue weighted by Gasteiger charge is -2.45. The van der Waals surface area contributed by atoms with Gasteiger partial charge in [-0.1, -0.05) is 30.3 Å². The highest BCUT2D eigenvalue weighted by molar-refractivity contribution is 5.58. The van der Waals surface area contributed by atoms with Gasteiger partial charge in [-0.2, -0.15) is 13.2 Å². The van der Waals surface area contributed by atoms with E-state index in [1.54, 1.807) is 0 Å². The van der Waals surface area contributed by atoms with Gasteiger partial charge in [-0.05, 0) is 36.6 Å². The highest BCUT2D eigenvalue weighted by Crippen LogP contribution is 2.51. The van der Waals surface area contributed by atoms with Gasteiger partial charge in [0.2, 0.25) is 0 Å². The molecule has 2 aliphatic heterocycles. The number of alkyl halides is 3. The van der Waals surface area contributed by atoms with E-state index in [9.17, 15) is 18.3 Å². The number of aliphatic hydroxyl groups excluding tert-OH is 1. The molecule has 0 unspecified atom stereocenters. The molecule has 2 N–H and O–H groups in total. The normalized spacial score (nSPS) is 28.0. The first-order valence-corrected chi connectivity index (χ1v) is 8.76. The molecule has 0 spiro atoms. The number of hydrogen-bond acceptors (Lipinski definition) is 3. The Kier molecular flexibility index (Phi) is 4.40. The van der Waals surface area contributed by atoms with E-state index in [0.29, 0.717) is 17.7 Å². The van der Waals surface area contributed by atoms with Crippen LogP contribution in [-0.4, -0.2) is 17.8 Å². The van der Waals surface area contributed by atoms with E-state index in [2.05, 4.69) is 5.32 Å². The molecule has 0 aliphatic carbocycles. The molecular formula is C20H20F3NO2. The van der Waals surface area contributed by atoms with Gasteiger partial charge in [0.25, 0.3) is 0 Å². The van der Waals surface area contributed by atoms with Crippen molar-refractivity contribution in [3.05, 3.63) is 65.2 Å². The molecule has 2 aromatic carbocycles. The minimum Gasteiger partial charge on any atom is -0.394 e. The fraction of sp³-hybridized carbons (Fsp3) is 0.400. The molecule has 138 valence electrons. The maximum Gasteiger partial charge on any atom is 0.416 e. The van der Waals surface area contributed by atoms with Crippen molar-refractivity contribution in [2.24, 2.45) is 5.92 Å². The molecule has 0 aromatic heterocycles. The molecule has 0 saturated carbocycles. The van der Waals surface area contributed by atoms with Crippen LogP contribution in [0.5, 0.6) is 0 Å². The zero-order valence-electron chi connectivity index (χ0n) is 14.0. The van der Waals surface area contributed by atoms with Gasteiger partial charge in [0.1, 0.15) is 0 Å². The fourth-order valence-electron chi connectivity index (χ4n) is 4.06. The van der Waals surface area contributed by atoms with E-state index in [1.165, 1.54) is 12.1 Å². The largest absolute Gasteiger partial charge is 0.416 e. The smallest absolute Gasteiger partial charge is 0.394 e. The first-order valence-electron chi connectivity index (χ1n) is 8.76. The molecule has 1 saturated heterocycles. The average molecular weight is 363 g/mol. The molecule has 2 heterocycles. The summed E-state index contributed by atoms with van der Waals surface area (Å²) in [5.74, 6) is 0.0104. The van der Waals surface area contributed by atoms with Crippen LogP contribution >= 0.6 is 0 Å². The number of anilines is 1. The number of ether oxygens (including phenoxy) is 1. The van der Waals surface area contributed by atoms with Gasteiger partial charge in [0.05, 0.1) is 30.4 Å². The lowest BCUT2D eigenvalue weighted by molar-refractivity contribution is -0.138. The summed E-state index contributed by atoms with van der Waals surface area (Å²) >= 11 is 0. The summed E-state index contributed by atoms with van der Waals surface area (Å²) < 4.78 is 45.5. The van der Waals surface area contributed by atoms with E-state index in [0.717, 1.165) is 18.1 Å². The van der Waals surface area contributed by atoms with E-state index in [1.807, 2.05) is 30.3 Å². The summed E-state index contributed by atoms with van der Waals surface area (Å²) in [5.41, 5.74) is 1.59. The van der Waals surface area contributed by atoms with Crippen molar-refractivity contribution in [3.8, 4) is 0 Å². The topological polar surface area (TPSA) is 41.5 Å². The van der Waals surface area contributed by atoms with Gasteiger partial charge >= 0.3 is 6.18 Å². The van der Waals surface area contributed by atoms with Crippen LogP contribution in [0.1, 0.15) is 41.7 Å². The number of benzene rings is 2. The summed E-state index contributed by atoms with van der Waals surface area (Å²) in [4.78, 5) is 0. The lowest BCUT2D eigenvalue weighted by atomic mass is 9.76. The number of hydrogen-bond donors (Lipinski definition) is 2. The highest BCUT2D eigenvalue weighted by atomic mass is 19.4. The Morgan fingerprint density at radius 3 is 2.54 bits per heavy atom. The van der Waals surface area contributed by atoms with Crippen LogP contribution in [0.25, 0.3) is 0 Å². The summed E-state index contributed by atoms with van der Waals surface area (Å²) in [6.45, 7) is -0.124. The minimum atomic E-state index is -4.40. The molecule has 3 nitrogen and oxygen atoms in total. The van der Waals surface area contributed by atoms with E-state index < -0.39 is 17.8 Å². The van der Waals surface area contributed by atoms with Crippen LogP contribution in [0.2, 0.25) is 0 Å². The molecule has 4 atom stereocenters. The van der Waals surface area contributed by atoms with Gasteiger partial charge < -0.3 is 15.2 Å². The van der Waals surface area contributed by atoms with Crippen molar-refractivity contribution in [2.45, 2.75) is 37.3 Å². The van der Waals surface area contributed by atoms with Crippen LogP contribution in [0.4, 0.5) is 18.9 Å². The highest BCUT2D eigenvalue weighted by Gasteiger charge is 2.43. The van der Waals surface area contributed by atoms with Gasteiger partial charge in [-0.3, -0.25) is 0 Å². The number of fused-ring (bicyclic) bond motifs is 3. The predicted octanol–water partition coefficient (Wildman–Crippen LogP) is 4.70. The second-order valence-electron chi connectivity index (χ2n) is 6.93. The van der Waals surface area contributed by atoms with Gasteiger partial charge in [0, 0.05) is 17.2 Å². The third-order valence-corrected chi connectivity index (χ3v) is 5.34. The monoisotopic (exact) mass is 363 g/mol. The lowest BCUT2D eigenvalue weighted by Crippen LogP contribution is -2.40. The molecular weight excluding hydrogens is 343 g/mol. The Hall–Kier alpha value is -2.05. The van der Waals surface area contributed by atoms with Crippen LogP contribution in [0, 0.1) is 5.92 Å². The van der Waals surface area contributed by atoms with Crippen molar-refractivity contribution in [2.75, 3.05) is 11.9 Å². The molecule has 4 rings (SSSR count). The Bertz CT molecular complexity index is 778. The van der Waals surface area contributed by atoms with Gasteiger partial charge in [-0.25, -0.2) is 0 Å². The van der Waals surface area contributed by atoms with Crippen molar-refractivity contribution < 1.29 is 23.0 Å². The van der Waals surface area contributed by atoms with Crippen molar-refractivity contribution in [1.29, 1.82) is 0 Å². The zero-order valence-corrected chi connectivity index (χ0v) is 14.0. The number of nitrogens with one attached hydrogen (secondary N) is 1. The van der Waals surface area contributed by atoms with E-state index in [-0.39, 0.29) is 24.7 Å². The quantitative estimate of drug-likeness (QED) is 0.813. The van der Waals surface area contributed by atoms with Gasteiger partial charge in [0.15, 0.2) is 0 Å². The Morgan fingerprint density at radius 2 is 1.85 bits per heavy atom. The molecule has 1 fully saturated rings. The number of halogens is 3. The molecule has 0 amide bonds. The summed E-state index contributed by atoms with van der Waals surface area (Å²) in [7, 11) is 0. The standard InChI is InChI=1S/C20H20F3NO2/c21-20(22,23)13-6-9-17-16(10-13)19-15(8-7-14(11-25)26-19)18(24-17)12-4-2-1-3-5-12/h1-6,9-10,14-15,18-19,24-25H,7-8,11H2/t14-,15+,18+,19+/m0/s1. The minimum absolute atomic E-state index is 0.0104. The summed E-state index contributed by atoms with van der Waals surface area (Å²) in [6.07, 6.45) is -3.74. The number of rotatable bonds is 2. The van der Waals surface area contributed by atoms with E-state index >= 15 is 0 Å². The zero-order chi connectivity index (χ0) is 18.3. The first kappa shape index (κ1) is 17.4. The maximum absolute atomic E-state index is 13.2. The predicted molar refractivity (Wildman–Crippen MR) is 91.7 cm³/mol. The maximum atomic E-state index is 13.2. The third kappa shape index (κ3) is 3.08. The molecule has 26 heavy (non-hydrogen) atoms. The van der Waals surface area contributed by atoms with E-state index in [4.69, 9.17) is 4.74 Å². The first-order chi connectivity index (χ1) is 12.5. The Morgan fingerprint density at radius 1 is 1.08 bits per heavy atom. The molecule has 0 radical (unpaired) electrons. The van der Waals surface area contributed by atoms with Gasteiger partial charge in [-0.15, -0.1) is 0 Å². The second-order valence-corrected chi connectivity index (χ2v) is 6.93. The SMILES string of the molecule is OC[C@@H]1CC[C@@H]2[C@@H](c3ccccc3)Nc3ccc(C(F)(F)F)cc3[C@@H]2O1. The summed E-state index contributed by atoms with van der Waals surface area (Å²) in [6, 6.07) is 13.6. The van der Waals surface area contributed by atoms with Crippen molar-refractivity contribution in [1.82, 2.24) is 0 Å². The van der Waals surface area contributed by atoms with Crippen LogP contribution in [-0.2, 0) is 10.9 Å². The fourth-order valence-corrected chi connectivity index (χ4v) is 4.06. The molecule has 2 aliphatic rings. The number of aliphatic hydroxyl groups is 1. The Balaban J connectivity index is 1.77. The van der Waals surface area contributed by atoms with Crippen LogP contribution in [0.15, 0.2) is 48.5 Å². The van der Waals surface area contributed by atoms with Crippen LogP contribution in [0.3, 0.4) is 0 Å². The second kappa shape index (κ2) is 6.59. The molecule has 6 heteroatoms. The van der Waals surface area contributed by atoms with Crippen molar-refractivity contribution in [3.63, 3.8) is 0 Å².